The molecule has 0 aromatic heterocycles. The summed E-state index contributed by atoms with van der Waals surface area (Å²) in [6.45, 7) is 7.43. The quantitative estimate of drug-likeness (QED) is 0.587. The molecule has 1 aliphatic carbocycles. The van der Waals surface area contributed by atoms with E-state index in [9.17, 15) is 0 Å². The Bertz CT molecular complexity index is 162. The number of rotatable bonds is 2. The lowest BCUT2D eigenvalue weighted by Crippen LogP contribution is -2.48. The predicted molar refractivity (Wildman–Crippen MR) is 46.3 cm³/mol. The molecule has 2 fully saturated rings. The molecule has 11 heavy (non-hydrogen) atoms. The van der Waals surface area contributed by atoms with Gasteiger partial charge in [-0.3, -0.25) is 4.90 Å². The van der Waals surface area contributed by atoms with Crippen LogP contribution in [0.3, 0.4) is 0 Å². The Kier molecular flexibility index (Phi) is 1.74. The summed E-state index contributed by atoms with van der Waals surface area (Å²) in [5.41, 5.74) is 7.08. The Morgan fingerprint density at radius 3 is 2.55 bits per heavy atom. The summed E-state index contributed by atoms with van der Waals surface area (Å²) < 4.78 is 0. The molecule has 0 spiro atoms. The second kappa shape index (κ2) is 2.61. The summed E-state index contributed by atoms with van der Waals surface area (Å²) in [5, 5.41) is 0. The first-order chi connectivity index (χ1) is 5.24. The molecule has 1 heterocycles. The molecular weight excluding hydrogens is 136 g/mol. The van der Waals surface area contributed by atoms with E-state index in [2.05, 4.69) is 11.5 Å². The van der Waals surface area contributed by atoms with Gasteiger partial charge in [-0.25, -0.2) is 0 Å². The van der Waals surface area contributed by atoms with Crippen LogP contribution < -0.4 is 5.73 Å². The lowest BCUT2D eigenvalue weighted by molar-refractivity contribution is 0.147. The van der Waals surface area contributed by atoms with Gasteiger partial charge < -0.3 is 5.73 Å². The molecular formula is C9H16N2. The minimum Gasteiger partial charge on any atom is -0.328 e. The van der Waals surface area contributed by atoms with E-state index >= 15 is 0 Å². The minimum atomic E-state index is 0.504. The van der Waals surface area contributed by atoms with Crippen molar-refractivity contribution in [2.24, 2.45) is 11.7 Å². The molecule has 0 atom stereocenters. The average molecular weight is 152 g/mol. The van der Waals surface area contributed by atoms with Crippen molar-refractivity contribution in [3.8, 4) is 0 Å². The van der Waals surface area contributed by atoms with E-state index in [0.29, 0.717) is 6.04 Å². The van der Waals surface area contributed by atoms with Gasteiger partial charge in [-0.15, -0.1) is 0 Å². The number of hydrogen-bond acceptors (Lipinski definition) is 2. The average Bonchev–Trinajstić information content (AvgIpc) is 1.81. The zero-order chi connectivity index (χ0) is 7.84. The molecule has 2 rings (SSSR count). The summed E-state index contributed by atoms with van der Waals surface area (Å²) in [5.74, 6) is 0.887. The van der Waals surface area contributed by atoms with Crippen LogP contribution in [-0.2, 0) is 0 Å². The minimum absolute atomic E-state index is 0.504. The van der Waals surface area contributed by atoms with E-state index in [1.807, 2.05) is 0 Å². The Morgan fingerprint density at radius 1 is 1.45 bits per heavy atom. The van der Waals surface area contributed by atoms with Crippen molar-refractivity contribution in [2.45, 2.75) is 18.9 Å². The highest BCUT2D eigenvalue weighted by atomic mass is 15.2. The van der Waals surface area contributed by atoms with Gasteiger partial charge in [0.2, 0.25) is 0 Å². The number of hydrogen-bond donors (Lipinski definition) is 1. The summed E-state index contributed by atoms with van der Waals surface area (Å²) in [6, 6.07) is 0.504. The zero-order valence-electron chi connectivity index (χ0n) is 6.92. The fraction of sp³-hybridized carbons (Fsp3) is 0.778. The Hall–Kier alpha value is -0.340. The van der Waals surface area contributed by atoms with E-state index in [1.165, 1.54) is 25.0 Å². The van der Waals surface area contributed by atoms with E-state index in [0.717, 1.165) is 19.0 Å². The largest absolute Gasteiger partial charge is 0.328 e. The first-order valence-electron chi connectivity index (χ1n) is 4.38. The van der Waals surface area contributed by atoms with Gasteiger partial charge in [-0.1, -0.05) is 6.58 Å². The summed E-state index contributed by atoms with van der Waals surface area (Å²) in [6.07, 6.45) is 2.48. The first kappa shape index (κ1) is 7.32. The smallest absolute Gasteiger partial charge is 0.0206 e. The highest BCUT2D eigenvalue weighted by Gasteiger charge is 2.29. The van der Waals surface area contributed by atoms with E-state index < -0.39 is 0 Å². The Balaban J connectivity index is 1.64. The number of nitrogens with zero attached hydrogens (tertiary/aromatic N) is 1. The molecule has 0 aromatic rings. The van der Waals surface area contributed by atoms with Gasteiger partial charge in [0.05, 0.1) is 0 Å². The van der Waals surface area contributed by atoms with Gasteiger partial charge in [-0.2, -0.15) is 0 Å². The zero-order valence-corrected chi connectivity index (χ0v) is 6.92. The molecule has 1 aliphatic heterocycles. The molecule has 1 saturated heterocycles. The highest BCUT2D eigenvalue weighted by Crippen LogP contribution is 2.28. The second-order valence-electron chi connectivity index (χ2n) is 4.02. The van der Waals surface area contributed by atoms with Crippen molar-refractivity contribution in [3.63, 3.8) is 0 Å². The van der Waals surface area contributed by atoms with Gasteiger partial charge in [0, 0.05) is 25.7 Å². The number of nitrogens with two attached hydrogens (primary N) is 1. The van der Waals surface area contributed by atoms with Crippen LogP contribution in [0.4, 0.5) is 0 Å². The van der Waals surface area contributed by atoms with Crippen LogP contribution in [0.1, 0.15) is 12.8 Å². The third-order valence-electron chi connectivity index (χ3n) is 2.68. The number of likely N-dealkylation sites (tertiary alicyclic amines) is 1. The Labute approximate surface area is 68.1 Å². The van der Waals surface area contributed by atoms with Crippen molar-refractivity contribution in [3.05, 3.63) is 12.2 Å². The van der Waals surface area contributed by atoms with Crippen molar-refractivity contribution in [1.82, 2.24) is 4.90 Å². The molecule has 0 radical (unpaired) electrons. The third kappa shape index (κ3) is 1.47. The fourth-order valence-corrected chi connectivity index (χ4v) is 2.02. The van der Waals surface area contributed by atoms with Gasteiger partial charge in [0.1, 0.15) is 0 Å². The van der Waals surface area contributed by atoms with Crippen LogP contribution in [0, 0.1) is 5.92 Å². The molecule has 62 valence electrons. The molecule has 1 saturated carbocycles. The third-order valence-corrected chi connectivity index (χ3v) is 2.68. The van der Waals surface area contributed by atoms with Crippen LogP contribution in [0.5, 0.6) is 0 Å². The molecule has 2 heteroatoms. The van der Waals surface area contributed by atoms with E-state index in [4.69, 9.17) is 5.73 Å². The molecule has 0 aromatic carbocycles. The SMILES string of the molecule is C=C1CN(CC2CC(N)C2)C1. The van der Waals surface area contributed by atoms with Gasteiger partial charge in [0.15, 0.2) is 0 Å². The van der Waals surface area contributed by atoms with Crippen LogP contribution in [0.25, 0.3) is 0 Å². The predicted octanol–water partition coefficient (Wildman–Crippen LogP) is 0.596. The van der Waals surface area contributed by atoms with Gasteiger partial charge >= 0.3 is 0 Å². The molecule has 2 N–H and O–H groups in total. The lowest BCUT2D eigenvalue weighted by atomic mass is 9.80. The van der Waals surface area contributed by atoms with Crippen molar-refractivity contribution >= 4 is 0 Å². The molecule has 0 bridgehead atoms. The Morgan fingerprint density at radius 2 is 2.09 bits per heavy atom. The topological polar surface area (TPSA) is 29.3 Å². The molecule has 0 amide bonds. The van der Waals surface area contributed by atoms with Crippen molar-refractivity contribution in [2.75, 3.05) is 19.6 Å². The lowest BCUT2D eigenvalue weighted by Gasteiger charge is -2.41. The summed E-state index contributed by atoms with van der Waals surface area (Å²) in [7, 11) is 0. The van der Waals surface area contributed by atoms with Gasteiger partial charge in [-0.05, 0) is 24.3 Å². The first-order valence-corrected chi connectivity index (χ1v) is 4.38. The van der Waals surface area contributed by atoms with Gasteiger partial charge in [0.25, 0.3) is 0 Å². The molecule has 0 unspecified atom stereocenters. The van der Waals surface area contributed by atoms with Crippen LogP contribution in [0.15, 0.2) is 12.2 Å². The second-order valence-corrected chi connectivity index (χ2v) is 4.02. The van der Waals surface area contributed by atoms with E-state index in [1.54, 1.807) is 0 Å². The maximum atomic E-state index is 5.70. The van der Waals surface area contributed by atoms with Crippen LogP contribution in [0.2, 0.25) is 0 Å². The van der Waals surface area contributed by atoms with Crippen LogP contribution in [-0.4, -0.2) is 30.6 Å². The summed E-state index contributed by atoms with van der Waals surface area (Å²) >= 11 is 0. The normalized spacial score (nSPS) is 38.1. The molecule has 2 nitrogen and oxygen atoms in total. The fourth-order valence-electron chi connectivity index (χ4n) is 2.02. The van der Waals surface area contributed by atoms with E-state index in [-0.39, 0.29) is 0 Å². The summed E-state index contributed by atoms with van der Waals surface area (Å²) in [4.78, 5) is 2.46. The standard InChI is InChI=1S/C9H16N2/c1-7-4-11(5-7)6-8-2-9(10)3-8/h8-9H,1-6,10H2. The maximum absolute atomic E-state index is 5.70. The molecule has 2 aliphatic rings. The van der Waals surface area contributed by atoms with Crippen LogP contribution >= 0.6 is 0 Å². The van der Waals surface area contributed by atoms with Crippen molar-refractivity contribution < 1.29 is 0 Å². The van der Waals surface area contributed by atoms with Crippen molar-refractivity contribution in [1.29, 1.82) is 0 Å². The monoisotopic (exact) mass is 152 g/mol. The maximum Gasteiger partial charge on any atom is 0.0206 e. The highest BCUT2D eigenvalue weighted by molar-refractivity contribution is 5.10.